The summed E-state index contributed by atoms with van der Waals surface area (Å²) >= 11 is 0. The Labute approximate surface area is 111 Å². The Morgan fingerprint density at radius 3 is 2.95 bits per heavy atom. The van der Waals surface area contributed by atoms with Gasteiger partial charge in [0.1, 0.15) is 11.8 Å². The van der Waals surface area contributed by atoms with Crippen LogP contribution in [0.1, 0.15) is 25.6 Å². The Kier molecular flexibility index (Phi) is 3.89. The third kappa shape index (κ3) is 2.62. The standard InChI is InChI=1S/C13H16N2O4/c1-4-18-12(16)10-8(2)14-13(17-3)15-11(10)9-6-5-7-19-9/h5-7,11H,4H2,1-3H3,(H,14,15). The van der Waals surface area contributed by atoms with Crippen LogP contribution in [0.5, 0.6) is 0 Å². The monoisotopic (exact) mass is 264 g/mol. The summed E-state index contributed by atoms with van der Waals surface area (Å²) < 4.78 is 15.5. The number of amidine groups is 1. The van der Waals surface area contributed by atoms with Crippen molar-refractivity contribution in [2.75, 3.05) is 13.7 Å². The number of hydrogen-bond acceptors (Lipinski definition) is 6. The van der Waals surface area contributed by atoms with E-state index in [9.17, 15) is 4.79 Å². The number of allylic oxidation sites excluding steroid dienone is 1. The number of rotatable bonds is 3. The van der Waals surface area contributed by atoms with Crippen LogP contribution in [0.15, 0.2) is 39.1 Å². The zero-order chi connectivity index (χ0) is 13.8. The molecule has 6 nitrogen and oxygen atoms in total. The van der Waals surface area contributed by atoms with Crippen molar-refractivity contribution in [3.8, 4) is 0 Å². The molecule has 0 aliphatic carbocycles. The number of furan rings is 1. The topological polar surface area (TPSA) is 73.1 Å². The van der Waals surface area contributed by atoms with Crippen molar-refractivity contribution in [1.29, 1.82) is 0 Å². The normalized spacial score (nSPS) is 18.7. The predicted octanol–water partition coefficient (Wildman–Crippen LogP) is 1.76. The van der Waals surface area contributed by atoms with E-state index >= 15 is 0 Å². The van der Waals surface area contributed by atoms with E-state index in [1.165, 1.54) is 13.4 Å². The molecule has 1 N–H and O–H groups in total. The Balaban J connectivity index is 2.40. The number of carbonyl (C=O) groups is 1. The van der Waals surface area contributed by atoms with Gasteiger partial charge in [0, 0.05) is 5.70 Å². The average Bonchev–Trinajstić information content (AvgIpc) is 2.91. The zero-order valence-electron chi connectivity index (χ0n) is 11.1. The van der Waals surface area contributed by atoms with Crippen LogP contribution in [0.4, 0.5) is 0 Å². The molecule has 0 bridgehead atoms. The van der Waals surface area contributed by atoms with E-state index in [0.717, 1.165) is 0 Å². The van der Waals surface area contributed by atoms with Gasteiger partial charge in [0.25, 0.3) is 6.02 Å². The lowest BCUT2D eigenvalue weighted by molar-refractivity contribution is -0.139. The molecule has 0 spiro atoms. The first kappa shape index (κ1) is 13.2. The smallest absolute Gasteiger partial charge is 0.338 e. The third-order valence-corrected chi connectivity index (χ3v) is 2.72. The molecule has 1 aromatic rings. The van der Waals surface area contributed by atoms with E-state index in [1.807, 2.05) is 0 Å². The molecule has 0 fully saturated rings. The quantitative estimate of drug-likeness (QED) is 0.842. The van der Waals surface area contributed by atoms with Crippen LogP contribution in [-0.4, -0.2) is 25.7 Å². The molecule has 2 heterocycles. The summed E-state index contributed by atoms with van der Waals surface area (Å²) in [4.78, 5) is 16.3. The molecule has 6 heteroatoms. The molecule has 1 unspecified atom stereocenters. The fourth-order valence-corrected chi connectivity index (χ4v) is 1.88. The van der Waals surface area contributed by atoms with Crippen molar-refractivity contribution in [2.45, 2.75) is 19.9 Å². The van der Waals surface area contributed by atoms with Crippen molar-refractivity contribution in [3.63, 3.8) is 0 Å². The van der Waals surface area contributed by atoms with E-state index < -0.39 is 12.0 Å². The van der Waals surface area contributed by atoms with Crippen molar-refractivity contribution in [2.24, 2.45) is 4.99 Å². The average molecular weight is 264 g/mol. The van der Waals surface area contributed by atoms with Crippen LogP contribution < -0.4 is 5.32 Å². The molecule has 102 valence electrons. The second-order valence-electron chi connectivity index (χ2n) is 3.94. The number of nitrogens with zero attached hydrogens (tertiary/aromatic N) is 1. The van der Waals surface area contributed by atoms with Crippen molar-refractivity contribution >= 4 is 12.0 Å². The summed E-state index contributed by atoms with van der Waals surface area (Å²) in [5, 5.41) is 2.91. The van der Waals surface area contributed by atoms with Crippen LogP contribution in [0.3, 0.4) is 0 Å². The molecule has 0 amide bonds. The van der Waals surface area contributed by atoms with Crippen LogP contribution in [0.25, 0.3) is 0 Å². The van der Waals surface area contributed by atoms with E-state index in [1.54, 1.807) is 26.0 Å². The molecule has 0 saturated carbocycles. The van der Waals surface area contributed by atoms with Gasteiger partial charge in [-0.3, -0.25) is 0 Å². The van der Waals surface area contributed by atoms with Crippen LogP contribution in [-0.2, 0) is 14.3 Å². The van der Waals surface area contributed by atoms with Gasteiger partial charge in [-0.1, -0.05) is 0 Å². The molecule has 1 aliphatic heterocycles. The van der Waals surface area contributed by atoms with Crippen LogP contribution in [0, 0.1) is 0 Å². The lowest BCUT2D eigenvalue weighted by Gasteiger charge is -2.23. The number of aliphatic imine (C=N–C) groups is 1. The summed E-state index contributed by atoms with van der Waals surface area (Å²) in [6.45, 7) is 3.84. The number of carbonyl (C=O) groups excluding carboxylic acids is 1. The zero-order valence-corrected chi connectivity index (χ0v) is 11.1. The molecule has 1 aliphatic rings. The number of esters is 1. The van der Waals surface area contributed by atoms with Crippen molar-refractivity contribution in [1.82, 2.24) is 5.32 Å². The second kappa shape index (κ2) is 5.60. The predicted molar refractivity (Wildman–Crippen MR) is 68.4 cm³/mol. The molecule has 1 atom stereocenters. The highest BCUT2D eigenvalue weighted by Gasteiger charge is 2.32. The van der Waals surface area contributed by atoms with Gasteiger partial charge in [-0.15, -0.1) is 0 Å². The van der Waals surface area contributed by atoms with Gasteiger partial charge in [-0.25, -0.2) is 9.79 Å². The minimum absolute atomic E-state index is 0.307. The van der Waals surface area contributed by atoms with Gasteiger partial charge in [0.15, 0.2) is 0 Å². The Hall–Kier alpha value is -2.24. The molecule has 0 aromatic carbocycles. The van der Waals surface area contributed by atoms with Gasteiger partial charge >= 0.3 is 5.97 Å². The maximum Gasteiger partial charge on any atom is 0.338 e. The largest absolute Gasteiger partial charge is 0.468 e. The lowest BCUT2D eigenvalue weighted by atomic mass is 10.0. The van der Waals surface area contributed by atoms with Crippen molar-refractivity contribution in [3.05, 3.63) is 35.4 Å². The Morgan fingerprint density at radius 2 is 2.37 bits per heavy atom. The van der Waals surface area contributed by atoms with Crippen LogP contribution in [0.2, 0.25) is 0 Å². The SMILES string of the molecule is CCOC(=O)C1=C(C)NC(OC)=NC1c1ccco1. The van der Waals surface area contributed by atoms with Gasteiger partial charge in [-0.2, -0.15) is 0 Å². The van der Waals surface area contributed by atoms with E-state index in [4.69, 9.17) is 13.9 Å². The first-order valence-electron chi connectivity index (χ1n) is 5.97. The van der Waals surface area contributed by atoms with Gasteiger partial charge in [0.2, 0.25) is 0 Å². The summed E-state index contributed by atoms with van der Waals surface area (Å²) in [6, 6.07) is 3.30. The Bertz CT molecular complexity index is 517. The highest BCUT2D eigenvalue weighted by molar-refractivity contribution is 5.94. The first-order valence-corrected chi connectivity index (χ1v) is 5.97. The molecular formula is C13H16N2O4. The number of nitrogens with one attached hydrogen (secondary N) is 1. The summed E-state index contributed by atoms with van der Waals surface area (Å²) in [5.41, 5.74) is 1.07. The lowest BCUT2D eigenvalue weighted by Crippen LogP contribution is -2.33. The maximum atomic E-state index is 12.0. The fraction of sp³-hybridized carbons (Fsp3) is 0.385. The summed E-state index contributed by atoms with van der Waals surface area (Å²) in [7, 11) is 1.51. The van der Waals surface area contributed by atoms with E-state index in [2.05, 4.69) is 10.3 Å². The summed E-state index contributed by atoms with van der Waals surface area (Å²) in [6.07, 6.45) is 1.54. The molecule has 0 saturated heterocycles. The van der Waals surface area contributed by atoms with Gasteiger partial charge in [-0.05, 0) is 26.0 Å². The third-order valence-electron chi connectivity index (χ3n) is 2.72. The number of methoxy groups -OCH3 is 1. The van der Waals surface area contributed by atoms with Crippen LogP contribution >= 0.6 is 0 Å². The van der Waals surface area contributed by atoms with E-state index in [0.29, 0.717) is 29.7 Å². The Morgan fingerprint density at radius 1 is 1.58 bits per heavy atom. The maximum absolute atomic E-state index is 12.0. The summed E-state index contributed by atoms with van der Waals surface area (Å²) in [5.74, 6) is 0.159. The fourth-order valence-electron chi connectivity index (χ4n) is 1.88. The van der Waals surface area contributed by atoms with E-state index in [-0.39, 0.29) is 0 Å². The first-order chi connectivity index (χ1) is 9.17. The molecule has 2 rings (SSSR count). The molecular weight excluding hydrogens is 248 g/mol. The van der Waals surface area contributed by atoms with Crippen molar-refractivity contribution < 1.29 is 18.7 Å². The number of ether oxygens (including phenoxy) is 2. The second-order valence-corrected chi connectivity index (χ2v) is 3.94. The minimum Gasteiger partial charge on any atom is -0.468 e. The van der Waals surface area contributed by atoms with Gasteiger partial charge < -0.3 is 19.2 Å². The molecule has 1 aromatic heterocycles. The molecule has 0 radical (unpaired) electrons. The van der Waals surface area contributed by atoms with Gasteiger partial charge in [0.05, 0.1) is 25.6 Å². The highest BCUT2D eigenvalue weighted by Crippen LogP contribution is 2.31. The highest BCUT2D eigenvalue weighted by atomic mass is 16.5. The number of hydrogen-bond donors (Lipinski definition) is 1. The minimum atomic E-state index is -0.551. The molecule has 19 heavy (non-hydrogen) atoms.